The molecule has 6 rings (SSSR count). The van der Waals surface area contributed by atoms with E-state index in [2.05, 4.69) is 14.9 Å². The molecule has 1 aliphatic heterocycles. The van der Waals surface area contributed by atoms with E-state index in [1.165, 1.54) is 18.2 Å². The zero-order valence-corrected chi connectivity index (χ0v) is 22.4. The highest BCUT2D eigenvalue weighted by Crippen LogP contribution is 2.42. The zero-order valence-electron chi connectivity index (χ0n) is 22.4. The van der Waals surface area contributed by atoms with Crippen molar-refractivity contribution < 1.29 is 18.6 Å². The molecule has 2 aromatic carbocycles. The van der Waals surface area contributed by atoms with E-state index in [-0.39, 0.29) is 23.3 Å². The number of nitrogens with zero attached hydrogens (tertiary/aromatic N) is 5. The van der Waals surface area contributed by atoms with Crippen LogP contribution in [0.1, 0.15) is 49.6 Å². The van der Waals surface area contributed by atoms with Gasteiger partial charge in [-0.3, -0.25) is 4.98 Å². The van der Waals surface area contributed by atoms with Gasteiger partial charge in [0.25, 0.3) is 0 Å². The quantitative estimate of drug-likeness (QED) is 0.310. The van der Waals surface area contributed by atoms with Crippen molar-refractivity contribution in [2.45, 2.75) is 45.3 Å². The van der Waals surface area contributed by atoms with Gasteiger partial charge in [-0.05, 0) is 75.4 Å². The molecule has 0 aliphatic carbocycles. The molecule has 1 atom stereocenters. The summed E-state index contributed by atoms with van der Waals surface area (Å²) in [6.07, 6.45) is 3.40. The van der Waals surface area contributed by atoms with Crippen LogP contribution in [-0.2, 0) is 17.4 Å². The SMILES string of the molecule is Cc1nnn(C)c1-c1cnc2c3cc(F)c(C(C)(C)O)cc3n([C@H](c3ccc(F)cc3)C3CCOCC3)c2c1. The van der Waals surface area contributed by atoms with E-state index in [9.17, 15) is 9.50 Å². The smallest absolute Gasteiger partial charge is 0.130 e. The molecule has 4 heterocycles. The van der Waals surface area contributed by atoms with Crippen molar-refractivity contribution in [1.29, 1.82) is 0 Å². The summed E-state index contributed by atoms with van der Waals surface area (Å²) in [6, 6.07) is 11.6. The second-order valence-electron chi connectivity index (χ2n) is 11.0. The maximum absolute atomic E-state index is 15.4. The Balaban J connectivity index is 1.71. The van der Waals surface area contributed by atoms with E-state index in [1.807, 2.05) is 32.2 Å². The van der Waals surface area contributed by atoms with E-state index in [0.29, 0.717) is 24.1 Å². The van der Waals surface area contributed by atoms with E-state index in [0.717, 1.165) is 46.4 Å². The minimum absolute atomic E-state index is 0.183. The molecule has 0 spiro atoms. The van der Waals surface area contributed by atoms with Crippen LogP contribution in [0.2, 0.25) is 0 Å². The molecular formula is C30H31F2N5O2. The summed E-state index contributed by atoms with van der Waals surface area (Å²) < 4.78 is 39.0. The summed E-state index contributed by atoms with van der Waals surface area (Å²) in [4.78, 5) is 4.83. The summed E-state index contributed by atoms with van der Waals surface area (Å²) in [5.41, 5.74) is 4.44. The van der Waals surface area contributed by atoms with Crippen LogP contribution in [0.5, 0.6) is 0 Å². The molecule has 0 bridgehead atoms. The second-order valence-corrected chi connectivity index (χ2v) is 11.0. The minimum Gasteiger partial charge on any atom is -0.386 e. The number of hydrogen-bond donors (Lipinski definition) is 1. The van der Waals surface area contributed by atoms with Crippen molar-refractivity contribution in [2.24, 2.45) is 13.0 Å². The van der Waals surface area contributed by atoms with Gasteiger partial charge in [0.2, 0.25) is 0 Å². The molecule has 202 valence electrons. The number of pyridine rings is 1. The summed E-state index contributed by atoms with van der Waals surface area (Å²) in [5, 5.41) is 19.8. The zero-order chi connectivity index (χ0) is 27.5. The van der Waals surface area contributed by atoms with E-state index < -0.39 is 11.4 Å². The van der Waals surface area contributed by atoms with Crippen LogP contribution in [0, 0.1) is 24.5 Å². The number of halogens is 2. The molecule has 7 nitrogen and oxygen atoms in total. The average Bonchev–Trinajstić information content (AvgIpc) is 3.40. The topological polar surface area (TPSA) is 78.0 Å². The molecule has 3 aromatic heterocycles. The van der Waals surface area contributed by atoms with Gasteiger partial charge in [-0.15, -0.1) is 5.10 Å². The molecule has 1 fully saturated rings. The summed E-state index contributed by atoms with van der Waals surface area (Å²) in [6.45, 7) is 6.32. The first-order valence-electron chi connectivity index (χ1n) is 13.2. The largest absolute Gasteiger partial charge is 0.386 e. The third-order valence-corrected chi connectivity index (χ3v) is 7.86. The van der Waals surface area contributed by atoms with Gasteiger partial charge in [0.15, 0.2) is 0 Å². The van der Waals surface area contributed by atoms with Crippen molar-refractivity contribution >= 4 is 21.9 Å². The lowest BCUT2D eigenvalue weighted by molar-refractivity contribution is 0.0552. The summed E-state index contributed by atoms with van der Waals surface area (Å²) in [5.74, 6) is -0.611. The Morgan fingerprint density at radius 2 is 1.77 bits per heavy atom. The van der Waals surface area contributed by atoms with Crippen molar-refractivity contribution in [3.8, 4) is 11.3 Å². The highest BCUT2D eigenvalue weighted by Gasteiger charge is 2.32. The number of aromatic nitrogens is 5. The number of aryl methyl sites for hydroxylation is 2. The monoisotopic (exact) mass is 531 g/mol. The molecule has 5 aromatic rings. The van der Waals surface area contributed by atoms with Crippen molar-refractivity contribution in [2.75, 3.05) is 13.2 Å². The minimum atomic E-state index is -1.39. The normalized spacial score (nSPS) is 15.9. The van der Waals surface area contributed by atoms with Gasteiger partial charge >= 0.3 is 0 Å². The van der Waals surface area contributed by atoms with Crippen LogP contribution < -0.4 is 0 Å². The predicted octanol–water partition coefficient (Wildman–Crippen LogP) is 5.82. The van der Waals surface area contributed by atoms with Gasteiger partial charge in [0.05, 0.1) is 39.6 Å². The van der Waals surface area contributed by atoms with Gasteiger partial charge in [-0.1, -0.05) is 17.3 Å². The molecule has 9 heteroatoms. The Morgan fingerprint density at radius 3 is 2.41 bits per heavy atom. The molecule has 0 radical (unpaired) electrons. The van der Waals surface area contributed by atoms with E-state index in [1.54, 1.807) is 30.8 Å². The van der Waals surface area contributed by atoms with Gasteiger partial charge in [-0.2, -0.15) is 0 Å². The first-order valence-corrected chi connectivity index (χ1v) is 13.2. The predicted molar refractivity (Wildman–Crippen MR) is 145 cm³/mol. The van der Waals surface area contributed by atoms with Crippen LogP contribution in [0.3, 0.4) is 0 Å². The molecule has 1 aliphatic rings. The first kappa shape index (κ1) is 25.6. The molecule has 0 amide bonds. The van der Waals surface area contributed by atoms with E-state index in [4.69, 9.17) is 9.72 Å². The second kappa shape index (κ2) is 9.50. The standard InChI is InChI=1S/C30H31F2N5O2/c1-17-28(36(4)35-34-17)20-13-26-27(33-16-20)22-14-24(32)23(30(2,3)38)15-25(22)37(26)29(19-9-11-39-12-10-19)18-5-7-21(31)8-6-18/h5-8,13-16,19,29,38H,9-12H2,1-4H3/t29-/m1/s1. The molecule has 1 N–H and O–H groups in total. The van der Waals surface area contributed by atoms with Gasteiger partial charge in [0, 0.05) is 43.0 Å². The Labute approximate surface area is 225 Å². The van der Waals surface area contributed by atoms with E-state index >= 15 is 4.39 Å². The lowest BCUT2D eigenvalue weighted by atomic mass is 9.86. The maximum atomic E-state index is 15.4. The van der Waals surface area contributed by atoms with Crippen LogP contribution in [-0.4, -0.2) is 42.9 Å². The summed E-state index contributed by atoms with van der Waals surface area (Å²) >= 11 is 0. The number of fused-ring (bicyclic) bond motifs is 3. The van der Waals surface area contributed by atoms with Crippen LogP contribution >= 0.6 is 0 Å². The Bertz CT molecular complexity index is 1660. The Kier molecular flexibility index (Phi) is 6.23. The molecule has 1 saturated heterocycles. The maximum Gasteiger partial charge on any atom is 0.130 e. The highest BCUT2D eigenvalue weighted by atomic mass is 19.1. The number of benzene rings is 2. The average molecular weight is 532 g/mol. The third kappa shape index (κ3) is 4.39. The van der Waals surface area contributed by atoms with Crippen molar-refractivity contribution in [3.63, 3.8) is 0 Å². The third-order valence-electron chi connectivity index (χ3n) is 7.86. The Hall–Kier alpha value is -3.69. The lowest BCUT2D eigenvalue weighted by Crippen LogP contribution is -2.27. The van der Waals surface area contributed by atoms with Crippen molar-refractivity contribution in [3.05, 3.63) is 77.1 Å². The fourth-order valence-corrected chi connectivity index (χ4v) is 6.00. The first-order chi connectivity index (χ1) is 18.6. The molecule has 39 heavy (non-hydrogen) atoms. The van der Waals surface area contributed by atoms with Gasteiger partial charge in [0.1, 0.15) is 11.6 Å². The summed E-state index contributed by atoms with van der Waals surface area (Å²) in [7, 11) is 1.84. The van der Waals surface area contributed by atoms with Gasteiger partial charge in [-0.25, -0.2) is 13.5 Å². The Morgan fingerprint density at radius 1 is 1.05 bits per heavy atom. The number of ether oxygens (including phenoxy) is 1. The van der Waals surface area contributed by atoms with Crippen LogP contribution in [0.15, 0.2) is 48.7 Å². The highest BCUT2D eigenvalue weighted by molar-refractivity contribution is 6.07. The fraction of sp³-hybridized carbons (Fsp3) is 0.367. The van der Waals surface area contributed by atoms with Crippen molar-refractivity contribution in [1.82, 2.24) is 24.5 Å². The fourth-order valence-electron chi connectivity index (χ4n) is 6.00. The number of aliphatic hydroxyl groups is 1. The molecule has 0 unspecified atom stereocenters. The number of hydrogen-bond acceptors (Lipinski definition) is 5. The van der Waals surface area contributed by atoms with Gasteiger partial charge < -0.3 is 14.4 Å². The van der Waals surface area contributed by atoms with Crippen LogP contribution in [0.4, 0.5) is 8.78 Å². The van der Waals surface area contributed by atoms with Crippen LogP contribution in [0.25, 0.3) is 33.2 Å². The number of rotatable bonds is 5. The lowest BCUT2D eigenvalue weighted by Gasteiger charge is -2.33. The molecule has 0 saturated carbocycles. The molecular weight excluding hydrogens is 500 g/mol.